The van der Waals surface area contributed by atoms with Crippen LogP contribution in [0.2, 0.25) is 0 Å². The molecule has 0 saturated carbocycles. The molecule has 2 heterocycles. The van der Waals surface area contributed by atoms with Gasteiger partial charge in [0.05, 0.1) is 0 Å². The van der Waals surface area contributed by atoms with Crippen molar-refractivity contribution in [2.75, 3.05) is 19.6 Å². The minimum atomic E-state index is 0.237. The maximum atomic E-state index is 13.0. The van der Waals surface area contributed by atoms with Gasteiger partial charge < -0.3 is 10.2 Å². The first-order valence-electron chi connectivity index (χ1n) is 8.79. The summed E-state index contributed by atoms with van der Waals surface area (Å²) in [7, 11) is 0. The smallest absolute Gasteiger partial charge is 0.254 e. The van der Waals surface area contributed by atoms with E-state index in [1.54, 1.807) is 0 Å². The van der Waals surface area contributed by atoms with Crippen molar-refractivity contribution in [3.8, 4) is 0 Å². The molecule has 1 N–H and O–H groups in total. The van der Waals surface area contributed by atoms with E-state index in [1.165, 1.54) is 30.4 Å². The summed E-state index contributed by atoms with van der Waals surface area (Å²) >= 11 is 0. The van der Waals surface area contributed by atoms with Gasteiger partial charge in [0.15, 0.2) is 0 Å². The van der Waals surface area contributed by atoms with Crippen LogP contribution in [0.3, 0.4) is 0 Å². The van der Waals surface area contributed by atoms with Crippen LogP contribution in [0, 0.1) is 6.92 Å². The molecule has 2 fully saturated rings. The monoisotopic (exact) mass is 300 g/mol. The first-order valence-corrected chi connectivity index (χ1v) is 8.79. The highest BCUT2D eigenvalue weighted by molar-refractivity contribution is 5.96. The molecule has 0 aromatic heterocycles. The topological polar surface area (TPSA) is 32.3 Å². The zero-order chi connectivity index (χ0) is 15.5. The van der Waals surface area contributed by atoms with Gasteiger partial charge in [-0.15, -0.1) is 0 Å². The van der Waals surface area contributed by atoms with Crippen molar-refractivity contribution in [3.63, 3.8) is 0 Å². The Bertz CT molecular complexity index is 534. The van der Waals surface area contributed by atoms with Crippen molar-refractivity contribution < 1.29 is 4.79 Å². The van der Waals surface area contributed by atoms with Crippen molar-refractivity contribution in [2.45, 2.75) is 57.9 Å². The molecular formula is C19H28N2O. The van der Waals surface area contributed by atoms with Crippen molar-refractivity contribution in [1.29, 1.82) is 0 Å². The molecular weight excluding hydrogens is 272 g/mol. The Hall–Kier alpha value is -1.35. The average molecular weight is 300 g/mol. The maximum absolute atomic E-state index is 13.0. The number of rotatable bonds is 2. The normalized spacial score (nSPS) is 23.5. The lowest BCUT2D eigenvalue weighted by Gasteiger charge is -2.34. The van der Waals surface area contributed by atoms with E-state index in [4.69, 9.17) is 0 Å². The highest BCUT2D eigenvalue weighted by Gasteiger charge is 2.26. The van der Waals surface area contributed by atoms with Crippen LogP contribution in [-0.2, 0) is 0 Å². The Morgan fingerprint density at radius 1 is 1.18 bits per heavy atom. The predicted molar refractivity (Wildman–Crippen MR) is 90.4 cm³/mol. The van der Waals surface area contributed by atoms with Crippen LogP contribution >= 0.6 is 0 Å². The second-order valence-corrected chi connectivity index (χ2v) is 6.89. The molecule has 0 bridgehead atoms. The standard InChI is InChI=1S/C19H28N2O/c1-14-6-3-4-13-21(14)19(22)18-8-5-7-17(15(18)2)16-9-11-20-12-10-16/h5,7-8,14,16,20H,3-4,6,9-13H2,1-2H3. The summed E-state index contributed by atoms with van der Waals surface area (Å²) in [6.07, 6.45) is 5.89. The molecule has 0 aliphatic carbocycles. The van der Waals surface area contributed by atoms with E-state index in [0.717, 1.165) is 38.0 Å². The fourth-order valence-electron chi connectivity index (χ4n) is 4.01. The van der Waals surface area contributed by atoms with E-state index >= 15 is 0 Å². The predicted octanol–water partition coefficient (Wildman–Crippen LogP) is 3.48. The van der Waals surface area contributed by atoms with Crippen molar-refractivity contribution in [1.82, 2.24) is 10.2 Å². The Morgan fingerprint density at radius 3 is 2.68 bits per heavy atom. The number of nitrogens with zero attached hydrogens (tertiary/aromatic N) is 1. The number of nitrogens with one attached hydrogen (secondary N) is 1. The average Bonchev–Trinajstić information content (AvgIpc) is 2.56. The highest BCUT2D eigenvalue weighted by Crippen LogP contribution is 2.30. The van der Waals surface area contributed by atoms with Crippen molar-refractivity contribution in [2.24, 2.45) is 0 Å². The molecule has 22 heavy (non-hydrogen) atoms. The molecule has 1 atom stereocenters. The summed E-state index contributed by atoms with van der Waals surface area (Å²) in [5, 5.41) is 3.42. The Morgan fingerprint density at radius 2 is 1.95 bits per heavy atom. The summed E-state index contributed by atoms with van der Waals surface area (Å²) in [6.45, 7) is 7.41. The molecule has 1 unspecified atom stereocenters. The number of likely N-dealkylation sites (tertiary alicyclic amines) is 1. The fraction of sp³-hybridized carbons (Fsp3) is 0.632. The second kappa shape index (κ2) is 6.82. The summed E-state index contributed by atoms with van der Waals surface area (Å²) in [4.78, 5) is 15.1. The van der Waals surface area contributed by atoms with Gasteiger partial charge in [-0.2, -0.15) is 0 Å². The van der Waals surface area contributed by atoms with Gasteiger partial charge in [-0.25, -0.2) is 0 Å². The van der Waals surface area contributed by atoms with Gasteiger partial charge >= 0.3 is 0 Å². The van der Waals surface area contributed by atoms with Gasteiger partial charge in [-0.3, -0.25) is 4.79 Å². The fourth-order valence-corrected chi connectivity index (χ4v) is 4.01. The van der Waals surface area contributed by atoms with E-state index in [2.05, 4.69) is 36.2 Å². The summed E-state index contributed by atoms with van der Waals surface area (Å²) < 4.78 is 0. The van der Waals surface area contributed by atoms with Gasteiger partial charge in [-0.05, 0) is 82.2 Å². The van der Waals surface area contributed by atoms with E-state index in [9.17, 15) is 4.79 Å². The first-order chi connectivity index (χ1) is 10.7. The van der Waals surface area contributed by atoms with Crippen molar-refractivity contribution >= 4 is 5.91 Å². The van der Waals surface area contributed by atoms with Crippen LogP contribution in [0.4, 0.5) is 0 Å². The van der Waals surface area contributed by atoms with Crippen LogP contribution < -0.4 is 5.32 Å². The molecule has 0 spiro atoms. The molecule has 3 heteroatoms. The van der Waals surface area contributed by atoms with Crippen LogP contribution in [0.1, 0.15) is 66.4 Å². The van der Waals surface area contributed by atoms with Gasteiger partial charge in [-0.1, -0.05) is 12.1 Å². The van der Waals surface area contributed by atoms with E-state index < -0.39 is 0 Å². The zero-order valence-corrected chi connectivity index (χ0v) is 13.9. The molecule has 0 radical (unpaired) electrons. The molecule has 3 rings (SSSR count). The minimum Gasteiger partial charge on any atom is -0.336 e. The lowest BCUT2D eigenvalue weighted by Crippen LogP contribution is -2.42. The Kier molecular flexibility index (Phi) is 4.82. The van der Waals surface area contributed by atoms with E-state index in [1.807, 2.05) is 6.07 Å². The SMILES string of the molecule is Cc1c(C(=O)N2CCCCC2C)cccc1C1CCNCC1. The van der Waals surface area contributed by atoms with E-state index in [0.29, 0.717) is 12.0 Å². The first kappa shape index (κ1) is 15.5. The number of hydrogen-bond acceptors (Lipinski definition) is 2. The molecule has 1 aromatic rings. The third kappa shape index (κ3) is 3.05. The quantitative estimate of drug-likeness (QED) is 0.907. The summed E-state index contributed by atoms with van der Waals surface area (Å²) in [5.74, 6) is 0.841. The van der Waals surface area contributed by atoms with Gasteiger partial charge in [0.1, 0.15) is 0 Å². The number of carbonyl (C=O) groups excluding carboxylic acids is 1. The molecule has 1 amide bonds. The summed E-state index contributed by atoms with van der Waals surface area (Å²) in [6, 6.07) is 6.69. The van der Waals surface area contributed by atoms with Crippen LogP contribution in [-0.4, -0.2) is 36.5 Å². The number of carbonyl (C=O) groups is 1. The number of piperidine rings is 2. The Labute approximate surface area is 134 Å². The number of hydrogen-bond donors (Lipinski definition) is 1. The van der Waals surface area contributed by atoms with Crippen LogP contribution in [0.5, 0.6) is 0 Å². The third-order valence-corrected chi connectivity index (χ3v) is 5.45. The third-order valence-electron chi connectivity index (χ3n) is 5.45. The lowest BCUT2D eigenvalue weighted by atomic mass is 9.85. The molecule has 1 aromatic carbocycles. The van der Waals surface area contributed by atoms with Crippen LogP contribution in [0.25, 0.3) is 0 Å². The molecule has 120 valence electrons. The number of amides is 1. The Balaban J connectivity index is 1.85. The lowest BCUT2D eigenvalue weighted by molar-refractivity contribution is 0.0634. The minimum absolute atomic E-state index is 0.237. The second-order valence-electron chi connectivity index (χ2n) is 6.89. The summed E-state index contributed by atoms with van der Waals surface area (Å²) in [5.41, 5.74) is 3.51. The van der Waals surface area contributed by atoms with Gasteiger partial charge in [0.2, 0.25) is 0 Å². The zero-order valence-electron chi connectivity index (χ0n) is 13.9. The van der Waals surface area contributed by atoms with Crippen molar-refractivity contribution in [3.05, 3.63) is 34.9 Å². The molecule has 3 nitrogen and oxygen atoms in total. The largest absolute Gasteiger partial charge is 0.336 e. The van der Waals surface area contributed by atoms with Gasteiger partial charge in [0.25, 0.3) is 5.91 Å². The molecule has 2 saturated heterocycles. The van der Waals surface area contributed by atoms with Crippen LogP contribution in [0.15, 0.2) is 18.2 Å². The highest BCUT2D eigenvalue weighted by atomic mass is 16.2. The molecule has 2 aliphatic rings. The maximum Gasteiger partial charge on any atom is 0.254 e. The number of benzene rings is 1. The van der Waals surface area contributed by atoms with E-state index in [-0.39, 0.29) is 5.91 Å². The van der Waals surface area contributed by atoms with Gasteiger partial charge in [0, 0.05) is 18.2 Å². The molecule has 2 aliphatic heterocycles.